The van der Waals surface area contributed by atoms with E-state index in [4.69, 9.17) is 5.73 Å². The van der Waals surface area contributed by atoms with E-state index in [-0.39, 0.29) is 0 Å². The summed E-state index contributed by atoms with van der Waals surface area (Å²) in [5.41, 5.74) is 7.88. The number of nitrogens with zero attached hydrogens (tertiary/aromatic N) is 2. The lowest BCUT2D eigenvalue weighted by Crippen LogP contribution is -2.08. The van der Waals surface area contributed by atoms with Gasteiger partial charge in [0.05, 0.1) is 16.9 Å². The molecule has 6 heteroatoms. The van der Waals surface area contributed by atoms with Gasteiger partial charge in [0.25, 0.3) is 0 Å². The highest BCUT2D eigenvalue weighted by Crippen LogP contribution is 2.30. The Morgan fingerprint density at radius 1 is 1.25 bits per heavy atom. The van der Waals surface area contributed by atoms with E-state index in [1.807, 2.05) is 13.8 Å². The lowest BCUT2D eigenvalue weighted by molar-refractivity contribution is -0.137. The molecule has 0 aliphatic carbocycles. The smallest absolute Gasteiger partial charge is 0.330 e. The number of rotatable bonds is 3. The van der Waals surface area contributed by atoms with Crippen molar-refractivity contribution in [2.24, 2.45) is 5.73 Å². The van der Waals surface area contributed by atoms with Crippen LogP contribution in [0.3, 0.4) is 0 Å². The minimum atomic E-state index is -4.35. The maximum absolute atomic E-state index is 12.7. The number of aromatic nitrogens is 2. The molecule has 2 N–H and O–H groups in total. The minimum Gasteiger partial charge on any atom is -0.330 e. The van der Waals surface area contributed by atoms with Crippen LogP contribution < -0.4 is 5.73 Å². The Morgan fingerprint density at radius 3 is 2.55 bits per heavy atom. The fraction of sp³-hybridized carbons (Fsp3) is 0.357. The Morgan fingerprint density at radius 2 is 1.95 bits per heavy atom. The third-order valence-electron chi connectivity index (χ3n) is 3.25. The Bertz CT molecular complexity index is 615. The average molecular weight is 283 g/mol. The van der Waals surface area contributed by atoms with E-state index in [9.17, 15) is 13.2 Å². The molecule has 0 amide bonds. The molecule has 108 valence electrons. The molecule has 20 heavy (non-hydrogen) atoms. The van der Waals surface area contributed by atoms with Crippen LogP contribution in [-0.2, 0) is 12.6 Å². The lowest BCUT2D eigenvalue weighted by Gasteiger charge is -2.10. The second-order valence-corrected chi connectivity index (χ2v) is 4.65. The molecular weight excluding hydrogens is 267 g/mol. The highest BCUT2D eigenvalue weighted by molar-refractivity contribution is 5.40. The van der Waals surface area contributed by atoms with Crippen LogP contribution in [0.1, 0.15) is 22.5 Å². The van der Waals surface area contributed by atoms with Crippen LogP contribution >= 0.6 is 0 Å². The molecule has 0 unspecified atom stereocenters. The van der Waals surface area contributed by atoms with Crippen molar-refractivity contribution in [1.82, 2.24) is 9.78 Å². The topological polar surface area (TPSA) is 43.8 Å². The van der Waals surface area contributed by atoms with Crippen LogP contribution in [0.15, 0.2) is 24.3 Å². The molecular formula is C14H16F3N3. The van der Waals surface area contributed by atoms with Crippen LogP contribution in [0.2, 0.25) is 0 Å². The summed E-state index contributed by atoms with van der Waals surface area (Å²) in [7, 11) is 0. The third kappa shape index (κ3) is 2.70. The molecule has 0 atom stereocenters. The summed E-state index contributed by atoms with van der Waals surface area (Å²) >= 11 is 0. The van der Waals surface area contributed by atoms with Gasteiger partial charge in [0, 0.05) is 5.69 Å². The average Bonchev–Trinajstić information content (AvgIpc) is 2.66. The number of nitrogens with two attached hydrogens (primary N) is 1. The molecule has 0 saturated heterocycles. The molecule has 1 heterocycles. The largest absolute Gasteiger partial charge is 0.416 e. The Kier molecular flexibility index (Phi) is 3.85. The van der Waals surface area contributed by atoms with Gasteiger partial charge in [0.2, 0.25) is 0 Å². The molecule has 2 aromatic rings. The quantitative estimate of drug-likeness (QED) is 0.941. The van der Waals surface area contributed by atoms with Crippen molar-refractivity contribution in [3.63, 3.8) is 0 Å². The summed E-state index contributed by atoms with van der Waals surface area (Å²) in [6, 6.07) is 5.15. The van der Waals surface area contributed by atoms with E-state index in [2.05, 4.69) is 5.10 Å². The van der Waals surface area contributed by atoms with Gasteiger partial charge in [-0.25, -0.2) is 4.68 Å². The number of hydrogen-bond acceptors (Lipinski definition) is 2. The summed E-state index contributed by atoms with van der Waals surface area (Å²) in [6.07, 6.45) is -3.69. The normalized spacial score (nSPS) is 11.9. The second kappa shape index (κ2) is 5.28. The Labute approximate surface area is 115 Å². The van der Waals surface area contributed by atoms with E-state index in [1.165, 1.54) is 10.7 Å². The molecule has 0 spiro atoms. The SMILES string of the molecule is Cc1nn(-c2cccc(C(F)(F)F)c2)c(C)c1CCN. The number of alkyl halides is 3. The van der Waals surface area contributed by atoms with E-state index in [0.717, 1.165) is 29.1 Å². The number of benzene rings is 1. The van der Waals surface area contributed by atoms with Crippen LogP contribution in [0, 0.1) is 13.8 Å². The van der Waals surface area contributed by atoms with E-state index in [1.54, 1.807) is 6.07 Å². The first-order chi connectivity index (χ1) is 9.34. The summed E-state index contributed by atoms with van der Waals surface area (Å²) in [6.45, 7) is 4.16. The van der Waals surface area contributed by atoms with E-state index < -0.39 is 11.7 Å². The molecule has 0 radical (unpaired) electrons. The van der Waals surface area contributed by atoms with Crippen molar-refractivity contribution in [1.29, 1.82) is 0 Å². The monoisotopic (exact) mass is 283 g/mol. The van der Waals surface area contributed by atoms with Gasteiger partial charge in [-0.15, -0.1) is 0 Å². The molecule has 2 rings (SSSR count). The maximum atomic E-state index is 12.7. The first kappa shape index (κ1) is 14.6. The molecule has 0 fully saturated rings. The number of hydrogen-bond donors (Lipinski definition) is 1. The predicted octanol–water partition coefficient (Wildman–Crippen LogP) is 3.01. The zero-order chi connectivity index (χ0) is 14.9. The van der Waals surface area contributed by atoms with Crippen molar-refractivity contribution in [3.05, 3.63) is 46.8 Å². The molecule has 0 aliphatic heterocycles. The number of aryl methyl sites for hydroxylation is 1. The van der Waals surface area contributed by atoms with E-state index in [0.29, 0.717) is 18.7 Å². The van der Waals surface area contributed by atoms with Crippen molar-refractivity contribution >= 4 is 0 Å². The standard InChI is InChI=1S/C14H16F3N3/c1-9-13(6-7-18)10(2)20(19-9)12-5-3-4-11(8-12)14(15,16)17/h3-5,8H,6-7,18H2,1-2H3. The predicted molar refractivity (Wildman–Crippen MR) is 70.8 cm³/mol. The van der Waals surface area contributed by atoms with Gasteiger partial charge in [-0.2, -0.15) is 18.3 Å². The molecule has 0 bridgehead atoms. The lowest BCUT2D eigenvalue weighted by atomic mass is 10.1. The van der Waals surface area contributed by atoms with Gasteiger partial charge in [-0.1, -0.05) is 6.07 Å². The van der Waals surface area contributed by atoms with Crippen molar-refractivity contribution in [2.45, 2.75) is 26.4 Å². The van der Waals surface area contributed by atoms with Crippen LogP contribution in [0.4, 0.5) is 13.2 Å². The molecule has 1 aromatic carbocycles. The summed E-state index contributed by atoms with van der Waals surface area (Å²) in [4.78, 5) is 0. The van der Waals surface area contributed by atoms with Gasteiger partial charge in [0.1, 0.15) is 0 Å². The molecule has 0 saturated carbocycles. The number of halogens is 3. The minimum absolute atomic E-state index is 0.406. The van der Waals surface area contributed by atoms with Crippen LogP contribution in [-0.4, -0.2) is 16.3 Å². The van der Waals surface area contributed by atoms with Crippen molar-refractivity contribution < 1.29 is 13.2 Å². The van der Waals surface area contributed by atoms with Gasteiger partial charge >= 0.3 is 6.18 Å². The highest BCUT2D eigenvalue weighted by atomic mass is 19.4. The fourth-order valence-corrected chi connectivity index (χ4v) is 2.25. The first-order valence-electron chi connectivity index (χ1n) is 6.27. The zero-order valence-electron chi connectivity index (χ0n) is 11.3. The molecule has 3 nitrogen and oxygen atoms in total. The highest BCUT2D eigenvalue weighted by Gasteiger charge is 2.30. The second-order valence-electron chi connectivity index (χ2n) is 4.65. The summed E-state index contributed by atoms with van der Waals surface area (Å²) < 4.78 is 39.8. The van der Waals surface area contributed by atoms with Gasteiger partial charge in [-0.3, -0.25) is 0 Å². The van der Waals surface area contributed by atoms with Crippen LogP contribution in [0.25, 0.3) is 5.69 Å². The van der Waals surface area contributed by atoms with Gasteiger partial charge in [-0.05, 0) is 50.6 Å². The van der Waals surface area contributed by atoms with Crippen LogP contribution in [0.5, 0.6) is 0 Å². The summed E-state index contributed by atoms with van der Waals surface area (Å²) in [5.74, 6) is 0. The summed E-state index contributed by atoms with van der Waals surface area (Å²) in [5, 5.41) is 4.32. The molecule has 0 aliphatic rings. The van der Waals surface area contributed by atoms with Crippen molar-refractivity contribution in [3.8, 4) is 5.69 Å². The molecule has 1 aromatic heterocycles. The fourth-order valence-electron chi connectivity index (χ4n) is 2.25. The zero-order valence-corrected chi connectivity index (χ0v) is 11.3. The van der Waals surface area contributed by atoms with E-state index >= 15 is 0 Å². The van der Waals surface area contributed by atoms with Crippen molar-refractivity contribution in [2.75, 3.05) is 6.54 Å². The van der Waals surface area contributed by atoms with Gasteiger partial charge < -0.3 is 5.73 Å². The van der Waals surface area contributed by atoms with Gasteiger partial charge in [0.15, 0.2) is 0 Å². The first-order valence-corrected chi connectivity index (χ1v) is 6.27. The maximum Gasteiger partial charge on any atom is 0.416 e. The third-order valence-corrected chi connectivity index (χ3v) is 3.25. The Hall–Kier alpha value is -1.82. The Balaban J connectivity index is 2.50.